The van der Waals surface area contributed by atoms with Crippen molar-refractivity contribution in [3.05, 3.63) is 51.1 Å². The number of rotatable bonds is 2. The topological polar surface area (TPSA) is 84.1 Å². The second-order valence-electron chi connectivity index (χ2n) is 4.92. The zero-order chi connectivity index (χ0) is 15.7. The highest BCUT2D eigenvalue weighted by Gasteiger charge is 2.26. The van der Waals surface area contributed by atoms with Crippen molar-refractivity contribution in [3.63, 3.8) is 0 Å². The van der Waals surface area contributed by atoms with E-state index in [-0.39, 0.29) is 5.91 Å². The summed E-state index contributed by atoms with van der Waals surface area (Å²) in [5.41, 5.74) is 4.56. The molecule has 0 aliphatic carbocycles. The van der Waals surface area contributed by atoms with Crippen molar-refractivity contribution in [2.45, 2.75) is 13.0 Å². The van der Waals surface area contributed by atoms with Crippen molar-refractivity contribution in [2.24, 2.45) is 5.84 Å². The minimum absolute atomic E-state index is 0.194. The number of nitrogens with one attached hydrogen (secondary N) is 1. The first-order chi connectivity index (χ1) is 10.6. The van der Waals surface area contributed by atoms with Gasteiger partial charge in [0.15, 0.2) is 5.82 Å². The fourth-order valence-corrected chi connectivity index (χ4v) is 2.99. The molecule has 0 unspecified atom stereocenters. The van der Waals surface area contributed by atoms with Gasteiger partial charge in [0, 0.05) is 19.5 Å². The van der Waals surface area contributed by atoms with Gasteiger partial charge in [0.25, 0.3) is 5.91 Å². The zero-order valence-corrected chi connectivity index (χ0v) is 13.0. The summed E-state index contributed by atoms with van der Waals surface area (Å²) in [5, 5.41) is 8.74. The second kappa shape index (κ2) is 6.08. The number of hydrazine groups is 1. The number of benzene rings is 1. The third-order valence-electron chi connectivity index (χ3n) is 3.55. The van der Waals surface area contributed by atoms with Gasteiger partial charge in [-0.3, -0.25) is 4.79 Å². The van der Waals surface area contributed by atoms with Gasteiger partial charge >= 0.3 is 0 Å². The maximum Gasteiger partial charge on any atom is 0.257 e. The van der Waals surface area contributed by atoms with Crippen LogP contribution in [0.3, 0.4) is 0 Å². The first-order valence-corrected chi connectivity index (χ1v) is 7.41. The molecule has 1 aromatic carbocycles. The Labute approximate surface area is 137 Å². The van der Waals surface area contributed by atoms with Gasteiger partial charge in [-0.15, -0.1) is 5.10 Å². The normalized spacial score (nSPS) is 13.7. The Hall–Kier alpha value is -1.89. The molecule has 0 spiro atoms. The first-order valence-electron chi connectivity index (χ1n) is 6.65. The Morgan fingerprint density at radius 3 is 2.68 bits per heavy atom. The Balaban J connectivity index is 1.89. The molecule has 3 N–H and O–H groups in total. The summed E-state index contributed by atoms with van der Waals surface area (Å²) in [7, 11) is 0. The fourth-order valence-electron chi connectivity index (χ4n) is 2.43. The summed E-state index contributed by atoms with van der Waals surface area (Å²) in [5.74, 6) is 5.61. The molecule has 1 amide bonds. The maximum atomic E-state index is 12.7. The van der Waals surface area contributed by atoms with E-state index in [9.17, 15) is 4.79 Å². The van der Waals surface area contributed by atoms with Gasteiger partial charge in [0.05, 0.1) is 21.3 Å². The monoisotopic (exact) mass is 337 g/mol. The lowest BCUT2D eigenvalue weighted by molar-refractivity contribution is 0.0733. The van der Waals surface area contributed by atoms with E-state index >= 15 is 0 Å². The van der Waals surface area contributed by atoms with Crippen molar-refractivity contribution in [1.82, 2.24) is 15.1 Å². The van der Waals surface area contributed by atoms with Crippen LogP contribution < -0.4 is 11.3 Å². The number of hydrogen-bond acceptors (Lipinski definition) is 5. The summed E-state index contributed by atoms with van der Waals surface area (Å²) in [4.78, 5) is 14.4. The molecule has 0 radical (unpaired) electrons. The van der Waals surface area contributed by atoms with Crippen molar-refractivity contribution >= 4 is 34.9 Å². The molecule has 0 saturated heterocycles. The van der Waals surface area contributed by atoms with E-state index in [0.29, 0.717) is 40.9 Å². The fraction of sp³-hybridized carbons (Fsp3) is 0.214. The average Bonchev–Trinajstić information content (AvgIpc) is 2.53. The smallest absolute Gasteiger partial charge is 0.257 e. The van der Waals surface area contributed by atoms with Crippen LogP contribution in [0.25, 0.3) is 0 Å². The molecule has 6 nitrogen and oxygen atoms in total. The van der Waals surface area contributed by atoms with Crippen molar-refractivity contribution in [2.75, 3.05) is 12.0 Å². The van der Waals surface area contributed by atoms with Crippen molar-refractivity contribution in [3.8, 4) is 0 Å². The number of fused-ring (bicyclic) bond motifs is 1. The minimum Gasteiger partial charge on any atom is -0.334 e. The summed E-state index contributed by atoms with van der Waals surface area (Å²) in [6, 6.07) is 6.80. The number of nitrogens with zero attached hydrogens (tertiary/aromatic N) is 3. The van der Waals surface area contributed by atoms with E-state index in [0.717, 1.165) is 11.3 Å². The van der Waals surface area contributed by atoms with Gasteiger partial charge in [-0.2, -0.15) is 5.10 Å². The number of halogens is 2. The molecule has 0 atom stereocenters. The number of carbonyl (C=O) groups excluding carboxylic acids is 1. The van der Waals surface area contributed by atoms with Crippen LogP contribution in [0.15, 0.2) is 24.3 Å². The van der Waals surface area contributed by atoms with E-state index in [1.807, 2.05) is 0 Å². The molecular weight excluding hydrogens is 325 g/mol. The van der Waals surface area contributed by atoms with E-state index < -0.39 is 0 Å². The van der Waals surface area contributed by atoms with Gasteiger partial charge in [0.2, 0.25) is 0 Å². The lowest BCUT2D eigenvalue weighted by atomic mass is 10.0. The summed E-state index contributed by atoms with van der Waals surface area (Å²) < 4.78 is 0. The molecule has 1 aliphatic rings. The van der Waals surface area contributed by atoms with Gasteiger partial charge in [0.1, 0.15) is 0 Å². The number of anilines is 1. The Bertz CT molecular complexity index is 717. The first kappa shape index (κ1) is 15.0. The molecule has 3 rings (SSSR count). The van der Waals surface area contributed by atoms with Crippen LogP contribution in [-0.2, 0) is 13.0 Å². The molecule has 1 aliphatic heterocycles. The molecule has 2 aromatic rings. The lowest BCUT2D eigenvalue weighted by Crippen LogP contribution is -2.37. The van der Waals surface area contributed by atoms with Crippen molar-refractivity contribution in [1.29, 1.82) is 0 Å². The second-order valence-corrected chi connectivity index (χ2v) is 5.73. The lowest BCUT2D eigenvalue weighted by Gasteiger charge is -2.28. The molecule has 0 saturated carbocycles. The van der Waals surface area contributed by atoms with Crippen LogP contribution in [0.4, 0.5) is 5.82 Å². The molecule has 2 heterocycles. The van der Waals surface area contributed by atoms with Crippen LogP contribution >= 0.6 is 23.2 Å². The van der Waals surface area contributed by atoms with E-state index in [4.69, 9.17) is 29.0 Å². The largest absolute Gasteiger partial charge is 0.334 e. The summed E-state index contributed by atoms with van der Waals surface area (Å²) in [6.07, 6.45) is 0.626. The standard InChI is InChI=1S/C14H13Cl2N5O/c15-9-2-1-3-10(16)13(9)14(22)21-5-4-11-8(7-21)6-12(18-17)20-19-11/h1-3,6H,4-5,7,17H2,(H,18,20). The summed E-state index contributed by atoms with van der Waals surface area (Å²) >= 11 is 12.2. The molecule has 0 fully saturated rings. The third kappa shape index (κ3) is 2.72. The van der Waals surface area contributed by atoms with Gasteiger partial charge in [-0.1, -0.05) is 29.3 Å². The van der Waals surface area contributed by atoms with Gasteiger partial charge in [-0.25, -0.2) is 5.84 Å². The molecule has 114 valence electrons. The molecule has 1 aromatic heterocycles. The summed E-state index contributed by atoms with van der Waals surface area (Å²) in [6.45, 7) is 0.956. The van der Waals surface area contributed by atoms with Crippen LogP contribution in [0.5, 0.6) is 0 Å². The molecule has 0 bridgehead atoms. The highest BCUT2D eigenvalue weighted by molar-refractivity contribution is 6.39. The predicted octanol–water partition coefficient (Wildman–Crippen LogP) is 2.27. The van der Waals surface area contributed by atoms with E-state index in [1.165, 1.54) is 0 Å². The average molecular weight is 338 g/mol. The number of aromatic nitrogens is 2. The SMILES string of the molecule is NNc1cc2c(nn1)CCN(C(=O)c1c(Cl)cccc1Cl)C2. The Kier molecular flexibility index (Phi) is 4.15. The predicted molar refractivity (Wildman–Crippen MR) is 84.7 cm³/mol. The molecule has 8 heteroatoms. The molecule has 22 heavy (non-hydrogen) atoms. The Morgan fingerprint density at radius 2 is 2.00 bits per heavy atom. The number of nitrogens with two attached hydrogens (primary N) is 1. The third-order valence-corrected chi connectivity index (χ3v) is 4.18. The highest BCUT2D eigenvalue weighted by Crippen LogP contribution is 2.28. The number of nitrogen functional groups attached to an aromatic ring is 1. The van der Waals surface area contributed by atoms with Gasteiger partial charge < -0.3 is 10.3 Å². The number of amides is 1. The maximum absolute atomic E-state index is 12.7. The van der Waals surface area contributed by atoms with Crippen LogP contribution in [0, 0.1) is 0 Å². The highest BCUT2D eigenvalue weighted by atomic mass is 35.5. The van der Waals surface area contributed by atoms with Crippen LogP contribution in [-0.4, -0.2) is 27.5 Å². The molecular formula is C14H13Cl2N5O. The quantitative estimate of drug-likeness (QED) is 0.648. The number of hydrogen-bond donors (Lipinski definition) is 2. The zero-order valence-electron chi connectivity index (χ0n) is 11.5. The van der Waals surface area contributed by atoms with Gasteiger partial charge in [-0.05, 0) is 23.8 Å². The Morgan fingerprint density at radius 1 is 1.27 bits per heavy atom. The van der Waals surface area contributed by atoms with Crippen molar-refractivity contribution < 1.29 is 4.79 Å². The van der Waals surface area contributed by atoms with E-state index in [1.54, 1.807) is 29.2 Å². The van der Waals surface area contributed by atoms with Crippen LogP contribution in [0.1, 0.15) is 21.6 Å². The van der Waals surface area contributed by atoms with E-state index in [2.05, 4.69) is 15.6 Å². The minimum atomic E-state index is -0.194. The number of carbonyl (C=O) groups is 1. The van der Waals surface area contributed by atoms with Crippen LogP contribution in [0.2, 0.25) is 10.0 Å².